The maximum absolute atomic E-state index is 13.0. The van der Waals surface area contributed by atoms with E-state index in [0.29, 0.717) is 12.5 Å². The van der Waals surface area contributed by atoms with E-state index in [2.05, 4.69) is 29.6 Å². The van der Waals surface area contributed by atoms with Gasteiger partial charge in [-0.1, -0.05) is 36.8 Å². The van der Waals surface area contributed by atoms with E-state index in [9.17, 15) is 4.79 Å². The van der Waals surface area contributed by atoms with Gasteiger partial charge in [0.2, 0.25) is 5.91 Å². The molecule has 2 saturated carbocycles. The Morgan fingerprint density at radius 2 is 2.14 bits per heavy atom. The summed E-state index contributed by atoms with van der Waals surface area (Å²) in [6, 6.07) is 10.5. The maximum atomic E-state index is 13.0. The third kappa shape index (κ3) is 2.71. The van der Waals surface area contributed by atoms with Crippen LogP contribution in [0.3, 0.4) is 0 Å². The van der Waals surface area contributed by atoms with Gasteiger partial charge in [-0.2, -0.15) is 0 Å². The van der Waals surface area contributed by atoms with E-state index in [1.807, 2.05) is 13.0 Å². The standard InChI is InChI=1S/C18H26N2O/c1-13(12-19)20-17(21)18(10-14-5-3-2-4-6-14)11-15-7-8-16(18)9-15/h2-6,13,15-16H,7-12,19H2,1H3,(H,20,21)/t13-,15?,16?,18?/m0/s1. The van der Waals surface area contributed by atoms with Crippen molar-refractivity contribution in [1.82, 2.24) is 5.32 Å². The minimum absolute atomic E-state index is 0.0595. The minimum Gasteiger partial charge on any atom is -0.352 e. The predicted molar refractivity (Wildman–Crippen MR) is 84.7 cm³/mol. The highest BCUT2D eigenvalue weighted by atomic mass is 16.2. The summed E-state index contributed by atoms with van der Waals surface area (Å²) in [6.45, 7) is 2.49. The Morgan fingerprint density at radius 1 is 1.38 bits per heavy atom. The van der Waals surface area contributed by atoms with E-state index in [-0.39, 0.29) is 17.4 Å². The van der Waals surface area contributed by atoms with Gasteiger partial charge in [-0.05, 0) is 50.0 Å². The molecule has 21 heavy (non-hydrogen) atoms. The number of nitrogens with one attached hydrogen (secondary N) is 1. The summed E-state index contributed by atoms with van der Waals surface area (Å²) in [5.74, 6) is 1.53. The van der Waals surface area contributed by atoms with Gasteiger partial charge in [-0.15, -0.1) is 0 Å². The van der Waals surface area contributed by atoms with Crippen molar-refractivity contribution in [2.45, 2.75) is 45.1 Å². The van der Waals surface area contributed by atoms with Crippen LogP contribution in [-0.4, -0.2) is 18.5 Å². The molecular formula is C18H26N2O. The molecule has 0 heterocycles. The Morgan fingerprint density at radius 3 is 2.71 bits per heavy atom. The fourth-order valence-corrected chi connectivity index (χ4v) is 4.41. The van der Waals surface area contributed by atoms with Crippen molar-refractivity contribution in [3.05, 3.63) is 35.9 Å². The molecule has 3 heteroatoms. The molecular weight excluding hydrogens is 260 g/mol. The van der Waals surface area contributed by atoms with Crippen molar-refractivity contribution in [1.29, 1.82) is 0 Å². The Bertz CT molecular complexity index is 501. The van der Waals surface area contributed by atoms with E-state index in [0.717, 1.165) is 18.8 Å². The first kappa shape index (κ1) is 14.6. The number of hydrogen-bond acceptors (Lipinski definition) is 2. The normalized spacial score (nSPS) is 32.1. The van der Waals surface area contributed by atoms with E-state index < -0.39 is 0 Å². The lowest BCUT2D eigenvalue weighted by Crippen LogP contribution is -2.50. The summed E-state index contributed by atoms with van der Waals surface area (Å²) < 4.78 is 0. The first-order valence-electron chi connectivity index (χ1n) is 8.19. The van der Waals surface area contributed by atoms with Crippen LogP contribution in [0.15, 0.2) is 30.3 Å². The maximum Gasteiger partial charge on any atom is 0.227 e. The van der Waals surface area contributed by atoms with Gasteiger partial charge in [0.15, 0.2) is 0 Å². The van der Waals surface area contributed by atoms with E-state index >= 15 is 0 Å². The molecule has 0 radical (unpaired) electrons. The van der Waals surface area contributed by atoms with Crippen molar-refractivity contribution in [2.24, 2.45) is 23.0 Å². The van der Waals surface area contributed by atoms with Crippen LogP contribution in [0.5, 0.6) is 0 Å². The lowest BCUT2D eigenvalue weighted by molar-refractivity contribution is -0.134. The predicted octanol–water partition coefficient (Wildman–Crippen LogP) is 2.50. The first-order valence-corrected chi connectivity index (χ1v) is 8.19. The molecule has 4 atom stereocenters. The van der Waals surface area contributed by atoms with E-state index in [4.69, 9.17) is 5.73 Å². The Hall–Kier alpha value is -1.35. The monoisotopic (exact) mass is 286 g/mol. The number of rotatable bonds is 5. The molecule has 0 aliphatic heterocycles. The van der Waals surface area contributed by atoms with Gasteiger partial charge in [0.05, 0.1) is 5.41 Å². The summed E-state index contributed by atoms with van der Waals surface area (Å²) in [6.07, 6.45) is 5.67. The van der Waals surface area contributed by atoms with Gasteiger partial charge in [-0.3, -0.25) is 4.79 Å². The molecule has 1 amide bonds. The van der Waals surface area contributed by atoms with Gasteiger partial charge in [0.25, 0.3) is 0 Å². The van der Waals surface area contributed by atoms with Crippen LogP contribution in [0.25, 0.3) is 0 Å². The molecule has 2 aliphatic carbocycles. The number of nitrogens with two attached hydrogens (primary N) is 1. The fraction of sp³-hybridized carbons (Fsp3) is 0.611. The second-order valence-corrected chi connectivity index (χ2v) is 7.01. The summed E-state index contributed by atoms with van der Waals surface area (Å²) >= 11 is 0. The smallest absolute Gasteiger partial charge is 0.227 e. The molecule has 0 saturated heterocycles. The fourth-order valence-electron chi connectivity index (χ4n) is 4.41. The highest BCUT2D eigenvalue weighted by Gasteiger charge is 2.55. The summed E-state index contributed by atoms with van der Waals surface area (Å²) in [4.78, 5) is 13.0. The average Bonchev–Trinajstić information content (AvgIpc) is 3.09. The molecule has 2 aliphatic rings. The molecule has 1 aromatic carbocycles. The Kier molecular flexibility index (Phi) is 4.03. The van der Waals surface area contributed by atoms with Gasteiger partial charge in [-0.25, -0.2) is 0 Å². The van der Waals surface area contributed by atoms with Crippen LogP contribution < -0.4 is 11.1 Å². The van der Waals surface area contributed by atoms with E-state index in [1.54, 1.807) is 0 Å². The molecule has 3 N–H and O–H groups in total. The van der Waals surface area contributed by atoms with Crippen LogP contribution in [0.4, 0.5) is 0 Å². The van der Waals surface area contributed by atoms with Crippen LogP contribution in [0.2, 0.25) is 0 Å². The van der Waals surface area contributed by atoms with Gasteiger partial charge < -0.3 is 11.1 Å². The first-order chi connectivity index (χ1) is 10.1. The molecule has 1 aromatic rings. The molecule has 114 valence electrons. The number of carbonyl (C=O) groups is 1. The van der Waals surface area contributed by atoms with Crippen LogP contribution in [0, 0.1) is 17.3 Å². The van der Waals surface area contributed by atoms with E-state index in [1.165, 1.54) is 24.8 Å². The van der Waals surface area contributed by atoms with Crippen molar-refractivity contribution in [2.75, 3.05) is 6.54 Å². The second kappa shape index (κ2) is 5.80. The molecule has 3 unspecified atom stereocenters. The van der Waals surface area contributed by atoms with Gasteiger partial charge >= 0.3 is 0 Å². The quantitative estimate of drug-likeness (QED) is 0.874. The SMILES string of the molecule is C[C@@H](CN)NC(=O)C1(Cc2ccccc2)CC2CCC1C2. The number of amides is 1. The molecule has 3 rings (SSSR count). The van der Waals surface area contributed by atoms with Crippen LogP contribution in [-0.2, 0) is 11.2 Å². The zero-order valence-corrected chi connectivity index (χ0v) is 12.8. The molecule has 3 nitrogen and oxygen atoms in total. The van der Waals surface area contributed by atoms with Crippen molar-refractivity contribution in [3.63, 3.8) is 0 Å². The number of carbonyl (C=O) groups excluding carboxylic acids is 1. The average molecular weight is 286 g/mol. The van der Waals surface area contributed by atoms with Crippen LogP contribution in [0.1, 0.15) is 38.2 Å². The van der Waals surface area contributed by atoms with Gasteiger partial charge in [0.1, 0.15) is 0 Å². The highest BCUT2D eigenvalue weighted by Crippen LogP contribution is 2.57. The molecule has 0 spiro atoms. The third-order valence-electron chi connectivity index (χ3n) is 5.52. The molecule has 2 fully saturated rings. The highest BCUT2D eigenvalue weighted by molar-refractivity contribution is 5.84. The summed E-state index contributed by atoms with van der Waals surface area (Å²) in [5, 5.41) is 3.15. The Labute approximate surface area is 127 Å². The zero-order chi connectivity index (χ0) is 14.9. The summed E-state index contributed by atoms with van der Waals surface area (Å²) in [5.41, 5.74) is 6.75. The molecule has 0 aromatic heterocycles. The zero-order valence-electron chi connectivity index (χ0n) is 12.8. The largest absolute Gasteiger partial charge is 0.352 e. The van der Waals surface area contributed by atoms with Crippen molar-refractivity contribution < 1.29 is 4.79 Å². The van der Waals surface area contributed by atoms with Gasteiger partial charge in [0, 0.05) is 12.6 Å². The number of benzene rings is 1. The lowest BCUT2D eigenvalue weighted by atomic mass is 9.68. The summed E-state index contributed by atoms with van der Waals surface area (Å²) in [7, 11) is 0. The topological polar surface area (TPSA) is 55.1 Å². The number of hydrogen-bond donors (Lipinski definition) is 2. The second-order valence-electron chi connectivity index (χ2n) is 7.01. The van der Waals surface area contributed by atoms with Crippen molar-refractivity contribution >= 4 is 5.91 Å². The van der Waals surface area contributed by atoms with Crippen molar-refractivity contribution in [3.8, 4) is 0 Å². The third-order valence-corrected chi connectivity index (χ3v) is 5.52. The molecule has 2 bridgehead atoms. The van der Waals surface area contributed by atoms with Crippen LogP contribution >= 0.6 is 0 Å². The lowest BCUT2D eigenvalue weighted by Gasteiger charge is -2.37. The number of fused-ring (bicyclic) bond motifs is 2. The Balaban J connectivity index is 1.84. The minimum atomic E-state index is -0.201.